The van der Waals surface area contributed by atoms with E-state index in [9.17, 15) is 19.6 Å². The van der Waals surface area contributed by atoms with Gasteiger partial charge in [0.15, 0.2) is 6.29 Å². The average Bonchev–Trinajstić information content (AvgIpc) is 3.38. The summed E-state index contributed by atoms with van der Waals surface area (Å²) in [6.07, 6.45) is 6.95. The Morgan fingerprint density at radius 2 is 1.95 bits per heavy atom. The molecule has 0 aromatic carbocycles. The third kappa shape index (κ3) is 5.18. The van der Waals surface area contributed by atoms with Crippen molar-refractivity contribution in [3.8, 4) is 6.07 Å². The predicted molar refractivity (Wildman–Crippen MR) is 136 cm³/mol. The minimum atomic E-state index is -0.404. The van der Waals surface area contributed by atoms with Crippen LogP contribution in [-0.2, 0) is 17.7 Å². The Morgan fingerprint density at radius 3 is 2.73 bits per heavy atom. The highest BCUT2D eigenvalue weighted by molar-refractivity contribution is 6.02. The summed E-state index contributed by atoms with van der Waals surface area (Å²) in [7, 11) is 0. The molecular weight excluding hydrogens is 474 g/mol. The van der Waals surface area contributed by atoms with Gasteiger partial charge >= 0.3 is 12.1 Å². The molecule has 2 aromatic rings. The molecule has 11 nitrogen and oxygen atoms in total. The highest BCUT2D eigenvalue weighted by Crippen LogP contribution is 2.30. The van der Waals surface area contributed by atoms with Gasteiger partial charge in [-0.25, -0.2) is 19.6 Å². The number of rotatable bonds is 5. The third-order valence-corrected chi connectivity index (χ3v) is 6.98. The number of carbonyl (C=O) groups is 3. The van der Waals surface area contributed by atoms with Crippen molar-refractivity contribution >= 4 is 35.7 Å². The topological polar surface area (TPSA) is 132 Å². The van der Waals surface area contributed by atoms with Crippen LogP contribution in [0.25, 0.3) is 0 Å². The fraction of sp³-hybridized carbons (Fsp3) is 0.462. The molecule has 0 bridgehead atoms. The average molecular weight is 504 g/mol. The normalized spacial score (nSPS) is 17.5. The van der Waals surface area contributed by atoms with Gasteiger partial charge in [0.25, 0.3) is 0 Å². The van der Waals surface area contributed by atoms with Gasteiger partial charge in [0.05, 0.1) is 24.4 Å². The molecule has 1 N–H and O–H groups in total. The first-order valence-electron chi connectivity index (χ1n) is 12.7. The highest BCUT2D eigenvalue weighted by atomic mass is 16.6. The zero-order valence-corrected chi connectivity index (χ0v) is 20.6. The zero-order chi connectivity index (χ0) is 25.8. The summed E-state index contributed by atoms with van der Waals surface area (Å²) >= 11 is 0. The maximum Gasteiger partial charge on any atom is 0.410 e. The van der Waals surface area contributed by atoms with Crippen molar-refractivity contribution in [1.29, 1.82) is 5.26 Å². The molecule has 0 radical (unpaired) electrons. The second-order valence-corrected chi connectivity index (χ2v) is 9.45. The number of carbonyl (C=O) groups excluding carboxylic acids is 3. The molecule has 2 aromatic heterocycles. The van der Waals surface area contributed by atoms with E-state index in [1.54, 1.807) is 11.0 Å². The number of aldehydes is 1. The number of hydrogen-bond acceptors (Lipinski definition) is 8. The molecule has 3 aliphatic rings. The molecule has 2 saturated heterocycles. The monoisotopic (exact) mass is 503 g/mol. The molecule has 0 atom stereocenters. The maximum absolute atomic E-state index is 13.3. The number of pyridine rings is 2. The van der Waals surface area contributed by atoms with E-state index in [4.69, 9.17) is 4.74 Å². The minimum absolute atomic E-state index is 0.198. The maximum atomic E-state index is 13.3. The number of fused-ring (bicyclic) bond motifs is 1. The van der Waals surface area contributed by atoms with Crippen LogP contribution in [0.4, 0.5) is 26.9 Å². The van der Waals surface area contributed by atoms with E-state index in [2.05, 4.69) is 26.3 Å². The molecule has 5 rings (SSSR count). The highest BCUT2D eigenvalue weighted by Gasteiger charge is 2.28. The lowest BCUT2D eigenvalue weighted by molar-refractivity contribution is 0.109. The van der Waals surface area contributed by atoms with Crippen molar-refractivity contribution < 1.29 is 19.1 Å². The second kappa shape index (κ2) is 10.8. The van der Waals surface area contributed by atoms with Crippen molar-refractivity contribution in [2.75, 3.05) is 47.9 Å². The molecule has 0 spiro atoms. The van der Waals surface area contributed by atoms with E-state index in [1.807, 2.05) is 6.07 Å². The molecule has 2 fully saturated rings. The van der Waals surface area contributed by atoms with Gasteiger partial charge in [0.1, 0.15) is 23.4 Å². The summed E-state index contributed by atoms with van der Waals surface area (Å²) in [4.78, 5) is 51.6. The molecule has 0 saturated carbocycles. The summed E-state index contributed by atoms with van der Waals surface area (Å²) in [5.41, 5.74) is 2.92. The van der Waals surface area contributed by atoms with Crippen LogP contribution in [0.3, 0.4) is 0 Å². The Morgan fingerprint density at radius 1 is 1.14 bits per heavy atom. The van der Waals surface area contributed by atoms with Crippen LogP contribution in [0.1, 0.15) is 59.3 Å². The number of nitrogens with one attached hydrogen (secondary N) is 1. The molecule has 192 valence electrons. The number of nitrogens with zero attached hydrogens (tertiary/aromatic N) is 6. The minimum Gasteiger partial charge on any atom is -0.449 e. The van der Waals surface area contributed by atoms with Crippen LogP contribution in [0.2, 0.25) is 0 Å². The fourth-order valence-electron chi connectivity index (χ4n) is 5.08. The van der Waals surface area contributed by atoms with Crippen molar-refractivity contribution in [3.05, 3.63) is 40.7 Å². The summed E-state index contributed by atoms with van der Waals surface area (Å²) in [6.45, 7) is 3.35. The number of hydrogen-bond donors (Lipinski definition) is 1. The lowest BCUT2D eigenvalue weighted by Crippen LogP contribution is -2.40. The Hall–Kier alpha value is -4.20. The number of nitriles is 1. The SMILES string of the molecule is N#Cc1cnc(NC(=O)N2CCCc3cc(CN4CCCCOC4=O)c(C=O)nc32)cc1N1CCCC1. The zero-order valence-electron chi connectivity index (χ0n) is 20.6. The first-order chi connectivity index (χ1) is 18.1. The van der Waals surface area contributed by atoms with Crippen LogP contribution in [-0.4, -0.2) is 66.1 Å². The lowest BCUT2D eigenvalue weighted by atomic mass is 10.0. The standard InChI is InChI=1S/C26H29N7O4/c27-14-20-15-28-23(13-22(20)31-7-1-2-8-31)30-25(35)33-10-5-6-18-12-19(21(17-34)29-24(18)33)16-32-9-3-4-11-37-26(32)36/h12-13,15,17H,1-11,16H2,(H,28,30,35). The van der Waals surface area contributed by atoms with Gasteiger partial charge in [0, 0.05) is 44.0 Å². The van der Waals surface area contributed by atoms with E-state index in [0.29, 0.717) is 55.2 Å². The molecule has 5 heterocycles. The molecule has 3 aliphatic heterocycles. The van der Waals surface area contributed by atoms with Gasteiger partial charge < -0.3 is 14.5 Å². The summed E-state index contributed by atoms with van der Waals surface area (Å²) in [5.74, 6) is 0.784. The Labute approximate surface area is 215 Å². The first kappa shape index (κ1) is 24.5. The van der Waals surface area contributed by atoms with Gasteiger partial charge in [-0.2, -0.15) is 5.26 Å². The Kier molecular flexibility index (Phi) is 7.16. The smallest absolute Gasteiger partial charge is 0.410 e. The number of ether oxygens (including phenoxy) is 1. The van der Waals surface area contributed by atoms with Crippen LogP contribution >= 0.6 is 0 Å². The van der Waals surface area contributed by atoms with Gasteiger partial charge in [-0.05, 0) is 50.2 Å². The van der Waals surface area contributed by atoms with Crippen molar-refractivity contribution in [2.24, 2.45) is 0 Å². The van der Waals surface area contributed by atoms with Gasteiger partial charge in [-0.1, -0.05) is 0 Å². The second-order valence-electron chi connectivity index (χ2n) is 9.45. The number of urea groups is 1. The summed E-state index contributed by atoms with van der Waals surface area (Å²) < 4.78 is 5.22. The van der Waals surface area contributed by atoms with Gasteiger partial charge in [-0.15, -0.1) is 0 Å². The van der Waals surface area contributed by atoms with Crippen LogP contribution in [0, 0.1) is 11.3 Å². The molecular formula is C26H29N7O4. The molecule has 11 heteroatoms. The number of anilines is 3. The number of aryl methyl sites for hydroxylation is 1. The number of aromatic nitrogens is 2. The van der Waals surface area contributed by atoms with Crippen LogP contribution in [0.5, 0.6) is 0 Å². The van der Waals surface area contributed by atoms with Crippen molar-refractivity contribution in [3.63, 3.8) is 0 Å². The van der Waals surface area contributed by atoms with Gasteiger partial charge in [-0.3, -0.25) is 15.0 Å². The van der Waals surface area contributed by atoms with Crippen molar-refractivity contribution in [2.45, 2.75) is 45.1 Å². The quantitative estimate of drug-likeness (QED) is 0.614. The van der Waals surface area contributed by atoms with E-state index in [1.165, 1.54) is 11.1 Å². The molecule has 3 amide bonds. The Balaban J connectivity index is 1.37. The predicted octanol–water partition coefficient (Wildman–Crippen LogP) is 3.48. The first-order valence-corrected chi connectivity index (χ1v) is 12.7. The number of cyclic esters (lactones) is 1. The van der Waals surface area contributed by atoms with Crippen molar-refractivity contribution in [1.82, 2.24) is 14.9 Å². The van der Waals surface area contributed by atoms with E-state index in [0.717, 1.165) is 56.4 Å². The van der Waals surface area contributed by atoms with E-state index < -0.39 is 12.1 Å². The third-order valence-electron chi connectivity index (χ3n) is 6.98. The summed E-state index contributed by atoms with van der Waals surface area (Å²) in [6, 6.07) is 5.38. The lowest BCUT2D eigenvalue weighted by Gasteiger charge is -2.30. The Bertz CT molecular complexity index is 1250. The van der Waals surface area contributed by atoms with E-state index in [-0.39, 0.29) is 12.2 Å². The summed E-state index contributed by atoms with van der Waals surface area (Å²) in [5, 5.41) is 12.3. The fourth-order valence-corrected chi connectivity index (χ4v) is 5.08. The molecule has 0 aliphatic carbocycles. The largest absolute Gasteiger partial charge is 0.449 e. The van der Waals surface area contributed by atoms with E-state index >= 15 is 0 Å². The molecule has 37 heavy (non-hydrogen) atoms. The molecule has 0 unspecified atom stereocenters. The van der Waals surface area contributed by atoms with Crippen LogP contribution < -0.4 is 15.1 Å². The van der Waals surface area contributed by atoms with Gasteiger partial charge in [0.2, 0.25) is 0 Å². The number of amides is 3. The van der Waals surface area contributed by atoms with Crippen LogP contribution in [0.15, 0.2) is 18.3 Å².